The maximum absolute atomic E-state index is 13.4. The highest BCUT2D eigenvalue weighted by molar-refractivity contribution is 5.97. The number of piperidine rings is 1. The third-order valence-corrected chi connectivity index (χ3v) is 6.21. The highest BCUT2D eigenvalue weighted by atomic mass is 16.2. The zero-order valence-electron chi connectivity index (χ0n) is 18.3. The first-order valence-electron chi connectivity index (χ1n) is 10.9. The topological polar surface area (TPSA) is 93.0 Å². The zero-order chi connectivity index (χ0) is 22.8. The standard InChI is InChI=1S/C25H24N6O2/c1-30-16-26-14-23(30)24(32)29-20-9-12-31(15-19(20)17-5-3-2-4-6-17)25(33)18-7-8-21-22(13-18)28-11-10-27-21/h2-8,10-11,13-14,16,19-20H,9,12,15H2,1H3,(H,29,32)/t19-,20-/m1/s1. The lowest BCUT2D eigenvalue weighted by atomic mass is 9.85. The number of rotatable bonds is 4. The summed E-state index contributed by atoms with van der Waals surface area (Å²) in [6.45, 7) is 1.06. The number of aryl methyl sites for hydroxylation is 1. The average molecular weight is 441 g/mol. The molecule has 2 aromatic carbocycles. The van der Waals surface area contributed by atoms with Gasteiger partial charge in [0.1, 0.15) is 5.69 Å². The Hall–Kier alpha value is -4.07. The van der Waals surface area contributed by atoms with E-state index in [-0.39, 0.29) is 23.8 Å². The van der Waals surface area contributed by atoms with Crippen molar-refractivity contribution in [2.45, 2.75) is 18.4 Å². The molecule has 0 aliphatic carbocycles. The van der Waals surface area contributed by atoms with E-state index in [1.807, 2.05) is 41.3 Å². The normalized spacial score (nSPS) is 18.3. The van der Waals surface area contributed by atoms with E-state index in [1.165, 1.54) is 0 Å². The van der Waals surface area contributed by atoms with Crippen molar-refractivity contribution in [3.8, 4) is 0 Å². The summed E-state index contributed by atoms with van der Waals surface area (Å²) in [5, 5.41) is 3.18. The summed E-state index contributed by atoms with van der Waals surface area (Å²) in [6.07, 6.45) is 7.09. The van der Waals surface area contributed by atoms with Gasteiger partial charge in [0.05, 0.1) is 23.6 Å². The quantitative estimate of drug-likeness (QED) is 0.527. The van der Waals surface area contributed by atoms with Gasteiger partial charge in [0.2, 0.25) is 0 Å². The molecule has 1 aliphatic rings. The summed E-state index contributed by atoms with van der Waals surface area (Å²) in [6, 6.07) is 15.4. The molecule has 1 fully saturated rings. The molecule has 0 saturated carbocycles. The first kappa shape index (κ1) is 20.8. The summed E-state index contributed by atoms with van der Waals surface area (Å²) < 4.78 is 1.70. The Morgan fingerprint density at radius 2 is 1.82 bits per heavy atom. The molecule has 8 nitrogen and oxygen atoms in total. The summed E-state index contributed by atoms with van der Waals surface area (Å²) >= 11 is 0. The molecule has 0 spiro atoms. The summed E-state index contributed by atoms with van der Waals surface area (Å²) in [5.41, 5.74) is 3.65. The molecule has 166 valence electrons. The predicted octanol–water partition coefficient (Wildman–Crippen LogP) is 2.79. The van der Waals surface area contributed by atoms with Gasteiger partial charge in [-0.3, -0.25) is 19.6 Å². The van der Waals surface area contributed by atoms with E-state index in [1.54, 1.807) is 48.7 Å². The molecule has 1 N–H and O–H groups in total. The van der Waals surface area contributed by atoms with Gasteiger partial charge in [-0.15, -0.1) is 0 Å². The van der Waals surface area contributed by atoms with Crippen molar-refractivity contribution < 1.29 is 9.59 Å². The van der Waals surface area contributed by atoms with Gasteiger partial charge in [-0.05, 0) is 30.2 Å². The number of aromatic nitrogens is 4. The molecule has 5 rings (SSSR count). The average Bonchev–Trinajstić information content (AvgIpc) is 3.30. The Bertz CT molecular complexity index is 1300. The van der Waals surface area contributed by atoms with Gasteiger partial charge in [0, 0.05) is 50.1 Å². The second kappa shape index (κ2) is 8.82. The predicted molar refractivity (Wildman–Crippen MR) is 124 cm³/mol. The van der Waals surface area contributed by atoms with Crippen molar-refractivity contribution in [3.63, 3.8) is 0 Å². The van der Waals surface area contributed by atoms with Crippen LogP contribution in [-0.2, 0) is 7.05 Å². The van der Waals surface area contributed by atoms with Crippen LogP contribution in [0.5, 0.6) is 0 Å². The summed E-state index contributed by atoms with van der Waals surface area (Å²) in [5.74, 6) is -0.227. The van der Waals surface area contributed by atoms with Crippen molar-refractivity contribution in [2.75, 3.05) is 13.1 Å². The smallest absolute Gasteiger partial charge is 0.269 e. The van der Waals surface area contributed by atoms with Crippen molar-refractivity contribution in [1.82, 2.24) is 29.7 Å². The number of fused-ring (bicyclic) bond motifs is 1. The van der Waals surface area contributed by atoms with Crippen LogP contribution < -0.4 is 5.32 Å². The lowest BCUT2D eigenvalue weighted by molar-refractivity contribution is 0.0671. The Labute approximate surface area is 191 Å². The SMILES string of the molecule is Cn1cncc1C(=O)N[C@@H]1CCN(C(=O)c2ccc3nccnc3c2)C[C@@H]1c1ccccc1. The van der Waals surface area contributed by atoms with Crippen LogP contribution in [0.2, 0.25) is 0 Å². The third kappa shape index (κ3) is 4.19. The van der Waals surface area contributed by atoms with Crippen molar-refractivity contribution in [1.29, 1.82) is 0 Å². The van der Waals surface area contributed by atoms with E-state index in [0.29, 0.717) is 36.3 Å². The van der Waals surface area contributed by atoms with Crippen LogP contribution in [0.4, 0.5) is 0 Å². The number of nitrogens with one attached hydrogen (secondary N) is 1. The van der Waals surface area contributed by atoms with Gasteiger partial charge in [-0.25, -0.2) is 4.98 Å². The third-order valence-electron chi connectivity index (χ3n) is 6.21. The minimum atomic E-state index is -0.159. The highest BCUT2D eigenvalue weighted by Gasteiger charge is 2.34. The van der Waals surface area contributed by atoms with E-state index < -0.39 is 0 Å². The highest BCUT2D eigenvalue weighted by Crippen LogP contribution is 2.29. The van der Waals surface area contributed by atoms with Crippen LogP contribution in [0, 0.1) is 0 Å². The Balaban J connectivity index is 1.39. The fourth-order valence-corrected chi connectivity index (χ4v) is 4.44. The number of hydrogen-bond acceptors (Lipinski definition) is 5. The Morgan fingerprint density at radius 3 is 2.58 bits per heavy atom. The summed E-state index contributed by atoms with van der Waals surface area (Å²) in [7, 11) is 1.80. The molecule has 4 aromatic rings. The summed E-state index contributed by atoms with van der Waals surface area (Å²) in [4.78, 5) is 40.7. The fourth-order valence-electron chi connectivity index (χ4n) is 4.44. The minimum Gasteiger partial charge on any atom is -0.347 e. The number of carbonyl (C=O) groups excluding carboxylic acids is 2. The lowest BCUT2D eigenvalue weighted by Crippen LogP contribution is -2.51. The second-order valence-corrected chi connectivity index (χ2v) is 8.29. The molecule has 3 heterocycles. The number of hydrogen-bond donors (Lipinski definition) is 1. The molecule has 33 heavy (non-hydrogen) atoms. The Kier molecular flexibility index (Phi) is 5.56. The maximum Gasteiger partial charge on any atom is 0.269 e. The van der Waals surface area contributed by atoms with E-state index in [4.69, 9.17) is 0 Å². The number of nitrogens with zero attached hydrogens (tertiary/aromatic N) is 5. The number of carbonyl (C=O) groups is 2. The minimum absolute atomic E-state index is 0.0266. The first-order chi connectivity index (χ1) is 16.1. The fraction of sp³-hybridized carbons (Fsp3) is 0.240. The van der Waals surface area contributed by atoms with Crippen molar-refractivity contribution in [2.24, 2.45) is 7.05 Å². The monoisotopic (exact) mass is 440 g/mol. The first-order valence-corrected chi connectivity index (χ1v) is 10.9. The van der Waals surface area contributed by atoms with Crippen LogP contribution >= 0.6 is 0 Å². The van der Waals surface area contributed by atoms with Crippen molar-refractivity contribution in [3.05, 3.63) is 90.3 Å². The number of amides is 2. The molecular formula is C25H24N6O2. The molecule has 0 bridgehead atoms. The molecule has 2 atom stereocenters. The number of imidazole rings is 1. The van der Waals surface area contributed by atoms with Gasteiger partial charge in [0.25, 0.3) is 11.8 Å². The van der Waals surface area contributed by atoms with E-state index in [9.17, 15) is 9.59 Å². The molecule has 0 radical (unpaired) electrons. The molecule has 2 amide bonds. The zero-order valence-corrected chi connectivity index (χ0v) is 18.3. The van der Waals surface area contributed by atoms with Gasteiger partial charge in [-0.2, -0.15) is 0 Å². The molecule has 1 aliphatic heterocycles. The number of likely N-dealkylation sites (tertiary alicyclic amines) is 1. The largest absolute Gasteiger partial charge is 0.347 e. The number of benzene rings is 2. The van der Waals surface area contributed by atoms with Crippen LogP contribution in [0.1, 0.15) is 38.7 Å². The Morgan fingerprint density at radius 1 is 1.03 bits per heavy atom. The van der Waals surface area contributed by atoms with Gasteiger partial charge in [0.15, 0.2) is 0 Å². The van der Waals surface area contributed by atoms with E-state index >= 15 is 0 Å². The van der Waals surface area contributed by atoms with Crippen LogP contribution in [0.3, 0.4) is 0 Å². The van der Waals surface area contributed by atoms with E-state index in [0.717, 1.165) is 11.1 Å². The van der Waals surface area contributed by atoms with Gasteiger partial charge >= 0.3 is 0 Å². The van der Waals surface area contributed by atoms with E-state index in [2.05, 4.69) is 20.3 Å². The van der Waals surface area contributed by atoms with Crippen molar-refractivity contribution >= 4 is 22.8 Å². The van der Waals surface area contributed by atoms with Crippen LogP contribution in [0.25, 0.3) is 11.0 Å². The van der Waals surface area contributed by atoms with Gasteiger partial charge < -0.3 is 14.8 Å². The second-order valence-electron chi connectivity index (χ2n) is 8.29. The molecular weight excluding hydrogens is 416 g/mol. The maximum atomic E-state index is 13.4. The van der Waals surface area contributed by atoms with Gasteiger partial charge in [-0.1, -0.05) is 30.3 Å². The van der Waals surface area contributed by atoms with Crippen LogP contribution in [0.15, 0.2) is 73.4 Å². The molecule has 2 aromatic heterocycles. The van der Waals surface area contributed by atoms with Crippen LogP contribution in [-0.4, -0.2) is 55.4 Å². The molecule has 0 unspecified atom stereocenters. The lowest BCUT2D eigenvalue weighted by Gasteiger charge is -2.39. The molecule has 1 saturated heterocycles. The molecule has 8 heteroatoms.